The average Bonchev–Trinajstić information content (AvgIpc) is 2.69. The topological polar surface area (TPSA) is 20.3 Å². The summed E-state index contributed by atoms with van der Waals surface area (Å²) in [5.74, 6) is 0.466. The third kappa shape index (κ3) is 2.46. The molecule has 16 heavy (non-hydrogen) atoms. The molecule has 0 bridgehead atoms. The lowest BCUT2D eigenvalue weighted by Crippen LogP contribution is -2.28. The highest BCUT2D eigenvalue weighted by Gasteiger charge is 2.37. The number of hydrogen-bond donors (Lipinski definition) is 0. The van der Waals surface area contributed by atoms with Crippen molar-refractivity contribution >= 4 is 14.0 Å². The molecule has 2 rings (SSSR count). The first-order chi connectivity index (χ1) is 7.47. The van der Waals surface area contributed by atoms with Crippen molar-refractivity contribution in [2.45, 2.75) is 38.1 Å². The van der Waals surface area contributed by atoms with Crippen LogP contribution in [0.4, 0.5) is 0 Å². The molecule has 0 aliphatic carbocycles. The van der Waals surface area contributed by atoms with Gasteiger partial charge in [0.15, 0.2) is 0 Å². The standard InChI is InChI=1S/C13H21NOSi/c1-16(2,3)9-5-6-11-10-12-7-4-8-14(12)13(11)15/h4-7,11-12H,8-10H2,1-3H3/b6-5+/t11-,12+/m1/s1. The molecule has 0 aromatic rings. The molecule has 2 atom stereocenters. The average molecular weight is 235 g/mol. The second-order valence-corrected chi connectivity index (χ2v) is 11.6. The first kappa shape index (κ1) is 11.6. The highest BCUT2D eigenvalue weighted by molar-refractivity contribution is 6.76. The summed E-state index contributed by atoms with van der Waals surface area (Å²) in [4.78, 5) is 14.0. The van der Waals surface area contributed by atoms with Gasteiger partial charge in [-0.25, -0.2) is 0 Å². The Bertz CT molecular complexity index is 340. The number of nitrogens with zero attached hydrogens (tertiary/aromatic N) is 1. The molecule has 1 amide bonds. The SMILES string of the molecule is C[Si](C)(C)C/C=C/[C@@H]1C[C@@H]2C=CCN2C1=O. The molecule has 1 fully saturated rings. The Morgan fingerprint density at radius 2 is 2.25 bits per heavy atom. The summed E-state index contributed by atoms with van der Waals surface area (Å²) >= 11 is 0. The smallest absolute Gasteiger partial charge is 0.230 e. The minimum Gasteiger partial charge on any atom is -0.332 e. The predicted molar refractivity (Wildman–Crippen MR) is 70.0 cm³/mol. The van der Waals surface area contributed by atoms with Crippen LogP contribution in [0.5, 0.6) is 0 Å². The summed E-state index contributed by atoms with van der Waals surface area (Å²) in [5.41, 5.74) is 0. The molecule has 2 nitrogen and oxygen atoms in total. The van der Waals surface area contributed by atoms with Crippen molar-refractivity contribution in [1.29, 1.82) is 0 Å². The van der Waals surface area contributed by atoms with Gasteiger partial charge in [0.25, 0.3) is 0 Å². The second kappa shape index (κ2) is 4.21. The largest absolute Gasteiger partial charge is 0.332 e. The van der Waals surface area contributed by atoms with Gasteiger partial charge in [0.1, 0.15) is 0 Å². The summed E-state index contributed by atoms with van der Waals surface area (Å²) in [7, 11) is -1.01. The van der Waals surface area contributed by atoms with E-state index in [-0.39, 0.29) is 5.92 Å². The highest BCUT2D eigenvalue weighted by atomic mass is 28.3. The zero-order valence-corrected chi connectivity index (χ0v) is 11.4. The van der Waals surface area contributed by atoms with Crippen molar-refractivity contribution in [2.24, 2.45) is 5.92 Å². The monoisotopic (exact) mass is 235 g/mol. The van der Waals surface area contributed by atoms with Crippen LogP contribution in [0, 0.1) is 5.92 Å². The van der Waals surface area contributed by atoms with E-state index in [9.17, 15) is 4.79 Å². The van der Waals surface area contributed by atoms with E-state index in [0.717, 1.165) is 13.0 Å². The number of allylic oxidation sites excluding steroid dienone is 1. The van der Waals surface area contributed by atoms with Gasteiger partial charge in [0, 0.05) is 14.6 Å². The summed E-state index contributed by atoms with van der Waals surface area (Å²) in [6.45, 7) is 7.89. The number of rotatable bonds is 3. The number of carbonyl (C=O) groups is 1. The van der Waals surface area contributed by atoms with Crippen LogP contribution in [-0.2, 0) is 4.79 Å². The van der Waals surface area contributed by atoms with Crippen LogP contribution in [0.2, 0.25) is 25.7 Å². The van der Waals surface area contributed by atoms with Gasteiger partial charge in [-0.3, -0.25) is 4.79 Å². The number of amides is 1. The van der Waals surface area contributed by atoms with Crippen molar-refractivity contribution < 1.29 is 4.79 Å². The van der Waals surface area contributed by atoms with E-state index in [1.807, 2.05) is 4.90 Å². The molecule has 0 aromatic heterocycles. The molecule has 88 valence electrons. The molecule has 2 aliphatic heterocycles. The molecule has 0 N–H and O–H groups in total. The predicted octanol–water partition coefficient (Wildman–Crippen LogP) is 2.67. The summed E-state index contributed by atoms with van der Waals surface area (Å²) < 4.78 is 0. The first-order valence-electron chi connectivity index (χ1n) is 6.11. The molecule has 2 heterocycles. The number of hydrogen-bond acceptors (Lipinski definition) is 1. The minimum atomic E-state index is -1.01. The molecule has 0 radical (unpaired) electrons. The van der Waals surface area contributed by atoms with Crippen molar-refractivity contribution in [3.05, 3.63) is 24.3 Å². The Balaban J connectivity index is 1.92. The molecule has 3 heteroatoms. The third-order valence-electron chi connectivity index (χ3n) is 3.25. The summed E-state index contributed by atoms with van der Waals surface area (Å²) in [6, 6.07) is 1.56. The van der Waals surface area contributed by atoms with E-state index < -0.39 is 8.07 Å². The van der Waals surface area contributed by atoms with E-state index in [0.29, 0.717) is 11.9 Å². The van der Waals surface area contributed by atoms with Gasteiger partial charge in [0.2, 0.25) is 5.91 Å². The quantitative estimate of drug-likeness (QED) is 0.544. The van der Waals surface area contributed by atoms with Gasteiger partial charge in [-0.1, -0.05) is 43.9 Å². The fourth-order valence-electron chi connectivity index (χ4n) is 2.35. The fraction of sp³-hybridized carbons (Fsp3) is 0.615. The van der Waals surface area contributed by atoms with Crippen LogP contribution in [-0.4, -0.2) is 31.5 Å². The van der Waals surface area contributed by atoms with E-state index >= 15 is 0 Å². The fourth-order valence-corrected chi connectivity index (χ4v) is 3.19. The Morgan fingerprint density at radius 3 is 2.88 bits per heavy atom. The molecule has 0 spiro atoms. The molecular formula is C13H21NOSi. The van der Waals surface area contributed by atoms with Crippen molar-refractivity contribution in [3.63, 3.8) is 0 Å². The van der Waals surface area contributed by atoms with Crippen LogP contribution in [0.3, 0.4) is 0 Å². The van der Waals surface area contributed by atoms with E-state index in [1.54, 1.807) is 0 Å². The van der Waals surface area contributed by atoms with Gasteiger partial charge in [-0.15, -0.1) is 0 Å². The molecular weight excluding hydrogens is 214 g/mol. The normalized spacial score (nSPS) is 29.4. The molecule has 0 aromatic carbocycles. The van der Waals surface area contributed by atoms with Crippen LogP contribution < -0.4 is 0 Å². The zero-order chi connectivity index (χ0) is 11.8. The van der Waals surface area contributed by atoms with Crippen molar-refractivity contribution in [3.8, 4) is 0 Å². The van der Waals surface area contributed by atoms with Crippen molar-refractivity contribution in [2.75, 3.05) is 6.54 Å². The maximum absolute atomic E-state index is 12.0. The van der Waals surface area contributed by atoms with E-state index in [1.165, 1.54) is 6.04 Å². The Labute approximate surface area is 99.0 Å². The van der Waals surface area contributed by atoms with Crippen LogP contribution in [0.15, 0.2) is 24.3 Å². The molecule has 2 aliphatic rings. The maximum atomic E-state index is 12.0. The highest BCUT2D eigenvalue weighted by Crippen LogP contribution is 2.29. The lowest BCUT2D eigenvalue weighted by molar-refractivity contribution is -0.129. The second-order valence-electron chi connectivity index (χ2n) is 6.02. The van der Waals surface area contributed by atoms with Crippen LogP contribution in [0.1, 0.15) is 6.42 Å². The Hall–Kier alpha value is -0.833. The zero-order valence-electron chi connectivity index (χ0n) is 10.4. The van der Waals surface area contributed by atoms with Gasteiger partial charge < -0.3 is 4.90 Å². The Kier molecular flexibility index (Phi) is 3.06. The molecule has 0 saturated carbocycles. The minimum absolute atomic E-state index is 0.145. The number of fused-ring (bicyclic) bond motifs is 1. The van der Waals surface area contributed by atoms with E-state index in [4.69, 9.17) is 0 Å². The van der Waals surface area contributed by atoms with E-state index in [2.05, 4.69) is 43.9 Å². The first-order valence-corrected chi connectivity index (χ1v) is 9.82. The third-order valence-corrected chi connectivity index (χ3v) is 4.72. The van der Waals surface area contributed by atoms with Gasteiger partial charge in [-0.2, -0.15) is 0 Å². The molecule has 0 unspecified atom stereocenters. The van der Waals surface area contributed by atoms with Gasteiger partial charge in [-0.05, 0) is 12.5 Å². The Morgan fingerprint density at radius 1 is 1.50 bits per heavy atom. The van der Waals surface area contributed by atoms with Crippen LogP contribution >= 0.6 is 0 Å². The number of carbonyl (C=O) groups excluding carboxylic acids is 1. The summed E-state index contributed by atoms with van der Waals surface area (Å²) in [5, 5.41) is 0. The molecule has 1 saturated heterocycles. The lowest BCUT2D eigenvalue weighted by Gasteiger charge is -2.14. The summed E-state index contributed by atoms with van der Waals surface area (Å²) in [6.07, 6.45) is 9.64. The van der Waals surface area contributed by atoms with Crippen LogP contribution in [0.25, 0.3) is 0 Å². The van der Waals surface area contributed by atoms with Crippen molar-refractivity contribution in [1.82, 2.24) is 4.90 Å². The van der Waals surface area contributed by atoms with Gasteiger partial charge >= 0.3 is 0 Å². The van der Waals surface area contributed by atoms with Gasteiger partial charge in [0.05, 0.1) is 12.0 Å². The maximum Gasteiger partial charge on any atom is 0.230 e. The lowest BCUT2D eigenvalue weighted by atomic mass is 10.0.